The Morgan fingerprint density at radius 3 is 2.65 bits per heavy atom. The summed E-state index contributed by atoms with van der Waals surface area (Å²) in [6.07, 6.45) is 0.817. The molecule has 1 amide bonds. The minimum absolute atomic E-state index is 0.126. The minimum Gasteiger partial charge on any atom is -0.490 e. The Balaban J connectivity index is 1.44. The van der Waals surface area contributed by atoms with Crippen LogP contribution in [0, 0.1) is 17.2 Å². The minimum atomic E-state index is -1.07. The highest BCUT2D eigenvalue weighted by Gasteiger charge is 2.40. The number of nitrogens with one attached hydrogen (secondary N) is 3. The van der Waals surface area contributed by atoms with Crippen molar-refractivity contribution in [3.63, 3.8) is 0 Å². The van der Waals surface area contributed by atoms with E-state index in [1.165, 1.54) is 0 Å². The molecule has 3 N–H and O–H groups in total. The van der Waals surface area contributed by atoms with Crippen LogP contribution in [0.5, 0.6) is 11.5 Å². The molecule has 0 saturated heterocycles. The van der Waals surface area contributed by atoms with E-state index < -0.39 is 23.3 Å². The molecule has 34 heavy (non-hydrogen) atoms. The number of carbonyl (C=O) groups is 1. The van der Waals surface area contributed by atoms with Crippen LogP contribution >= 0.6 is 11.6 Å². The number of H-pyrrole nitrogens is 1. The second-order valence-electron chi connectivity index (χ2n) is 7.99. The molecule has 2 unspecified atom stereocenters. The van der Waals surface area contributed by atoms with E-state index in [1.54, 1.807) is 24.3 Å². The van der Waals surface area contributed by atoms with E-state index in [2.05, 4.69) is 20.6 Å². The first-order chi connectivity index (χ1) is 16.5. The summed E-state index contributed by atoms with van der Waals surface area (Å²) in [6, 6.07) is 14.4. The van der Waals surface area contributed by atoms with Gasteiger partial charge in [0.15, 0.2) is 11.5 Å². The third-order valence-corrected chi connectivity index (χ3v) is 6.02. The lowest BCUT2D eigenvalue weighted by molar-refractivity contribution is -0.119. The maximum atomic E-state index is 13.1. The fraction of sp³-hybridized carbons (Fsp3) is 0.250. The van der Waals surface area contributed by atoms with E-state index >= 15 is 0 Å². The Morgan fingerprint density at radius 1 is 1.12 bits per heavy atom. The third-order valence-electron chi connectivity index (χ3n) is 5.76. The summed E-state index contributed by atoms with van der Waals surface area (Å²) < 4.78 is 11.4. The molecule has 172 valence electrons. The molecule has 0 bridgehead atoms. The molecule has 2 atom stereocenters. The molecule has 2 aliphatic heterocycles. The molecule has 3 heterocycles. The van der Waals surface area contributed by atoms with E-state index in [4.69, 9.17) is 21.1 Å². The number of aromatic amines is 1. The van der Waals surface area contributed by atoms with Crippen LogP contribution in [0.4, 0.5) is 11.8 Å². The van der Waals surface area contributed by atoms with Gasteiger partial charge in [0.1, 0.15) is 11.7 Å². The Morgan fingerprint density at radius 2 is 1.88 bits per heavy atom. The van der Waals surface area contributed by atoms with E-state index in [-0.39, 0.29) is 17.3 Å². The van der Waals surface area contributed by atoms with Crippen molar-refractivity contribution >= 4 is 29.3 Å². The Labute approximate surface area is 199 Å². The summed E-state index contributed by atoms with van der Waals surface area (Å²) in [5, 5.41) is 15.8. The van der Waals surface area contributed by atoms with Gasteiger partial charge < -0.3 is 20.1 Å². The zero-order valence-electron chi connectivity index (χ0n) is 17.9. The molecule has 9 nitrogen and oxygen atoms in total. The molecule has 0 fully saturated rings. The molecular weight excluding hydrogens is 458 g/mol. The Kier molecular flexibility index (Phi) is 5.82. The van der Waals surface area contributed by atoms with Crippen LogP contribution in [0.3, 0.4) is 0 Å². The lowest BCUT2D eigenvalue weighted by Gasteiger charge is -2.28. The summed E-state index contributed by atoms with van der Waals surface area (Å²) in [5.74, 6) is -0.659. The topological polar surface area (TPSA) is 129 Å². The lowest BCUT2D eigenvalue weighted by atomic mass is 9.79. The van der Waals surface area contributed by atoms with Crippen LogP contribution in [0.25, 0.3) is 0 Å². The highest BCUT2D eigenvalue weighted by molar-refractivity contribution is 6.30. The summed E-state index contributed by atoms with van der Waals surface area (Å²) in [5.41, 5.74) is 1.32. The number of fused-ring (bicyclic) bond motifs is 2. The van der Waals surface area contributed by atoms with Gasteiger partial charge in [-0.2, -0.15) is 10.2 Å². The first-order valence-corrected chi connectivity index (χ1v) is 11.1. The molecule has 3 aromatic rings. The Bertz CT molecular complexity index is 1350. The van der Waals surface area contributed by atoms with Gasteiger partial charge in [0.05, 0.1) is 24.8 Å². The number of halogens is 1. The SMILES string of the molecule is N#CC1C(=O)Nc2nc(NCc3ccc4c(c3)OCCCO4)[nH]c(=O)c2C1c1ccc(Cl)cc1. The Hall–Kier alpha value is -4.03. The molecule has 0 saturated carbocycles. The molecule has 2 aromatic carbocycles. The highest BCUT2D eigenvalue weighted by atomic mass is 35.5. The van der Waals surface area contributed by atoms with Gasteiger partial charge in [0.2, 0.25) is 11.9 Å². The summed E-state index contributed by atoms with van der Waals surface area (Å²) in [4.78, 5) is 32.9. The van der Waals surface area contributed by atoms with Gasteiger partial charge >= 0.3 is 0 Å². The average molecular weight is 478 g/mol. The molecule has 1 aromatic heterocycles. The first kappa shape index (κ1) is 21.8. The number of anilines is 2. The molecule has 2 aliphatic rings. The van der Waals surface area contributed by atoms with Crippen molar-refractivity contribution in [2.75, 3.05) is 23.8 Å². The quantitative estimate of drug-likeness (QED) is 0.525. The van der Waals surface area contributed by atoms with E-state index in [1.807, 2.05) is 24.3 Å². The van der Waals surface area contributed by atoms with Gasteiger partial charge in [-0.05, 0) is 35.4 Å². The lowest BCUT2D eigenvalue weighted by Crippen LogP contribution is -2.38. The van der Waals surface area contributed by atoms with Crippen LogP contribution in [0.15, 0.2) is 47.3 Å². The average Bonchev–Trinajstić information content (AvgIpc) is 3.07. The highest BCUT2D eigenvalue weighted by Crippen LogP contribution is 2.38. The van der Waals surface area contributed by atoms with Crippen molar-refractivity contribution in [2.24, 2.45) is 5.92 Å². The van der Waals surface area contributed by atoms with Gasteiger partial charge in [-0.1, -0.05) is 29.8 Å². The van der Waals surface area contributed by atoms with Crippen LogP contribution in [0.2, 0.25) is 5.02 Å². The number of ether oxygens (including phenoxy) is 2. The molecular formula is C24H20ClN5O4. The fourth-order valence-electron chi connectivity index (χ4n) is 4.13. The van der Waals surface area contributed by atoms with Crippen molar-refractivity contribution in [3.05, 3.63) is 74.5 Å². The van der Waals surface area contributed by atoms with E-state index in [0.29, 0.717) is 41.8 Å². The fourth-order valence-corrected chi connectivity index (χ4v) is 4.25. The van der Waals surface area contributed by atoms with Crippen molar-refractivity contribution < 1.29 is 14.3 Å². The number of carbonyl (C=O) groups excluding carboxylic acids is 1. The number of nitriles is 1. The zero-order chi connectivity index (χ0) is 23.7. The summed E-state index contributed by atoms with van der Waals surface area (Å²) in [6.45, 7) is 1.55. The molecule has 10 heteroatoms. The largest absolute Gasteiger partial charge is 0.490 e. The number of hydrogen-bond acceptors (Lipinski definition) is 7. The maximum absolute atomic E-state index is 13.1. The number of nitrogens with zero attached hydrogens (tertiary/aromatic N) is 2. The predicted octanol–water partition coefficient (Wildman–Crippen LogP) is 3.42. The number of amides is 1. The second kappa shape index (κ2) is 9.08. The van der Waals surface area contributed by atoms with Crippen LogP contribution in [0.1, 0.15) is 29.0 Å². The normalized spacial score (nSPS) is 18.8. The van der Waals surface area contributed by atoms with Crippen LogP contribution in [-0.2, 0) is 11.3 Å². The van der Waals surface area contributed by atoms with Crippen molar-refractivity contribution in [3.8, 4) is 17.6 Å². The number of rotatable bonds is 4. The molecule has 0 spiro atoms. The van der Waals surface area contributed by atoms with Crippen LogP contribution in [-0.4, -0.2) is 29.1 Å². The summed E-state index contributed by atoms with van der Waals surface area (Å²) in [7, 11) is 0. The van der Waals surface area contributed by atoms with Gasteiger partial charge in [-0.3, -0.25) is 14.6 Å². The van der Waals surface area contributed by atoms with Crippen LogP contribution < -0.4 is 25.7 Å². The number of benzene rings is 2. The predicted molar refractivity (Wildman–Crippen MR) is 125 cm³/mol. The molecule has 5 rings (SSSR count). The zero-order valence-corrected chi connectivity index (χ0v) is 18.7. The van der Waals surface area contributed by atoms with Gasteiger partial charge in [-0.25, -0.2) is 0 Å². The monoisotopic (exact) mass is 477 g/mol. The van der Waals surface area contributed by atoms with Crippen molar-refractivity contribution in [1.82, 2.24) is 9.97 Å². The van der Waals surface area contributed by atoms with E-state index in [9.17, 15) is 14.9 Å². The number of hydrogen-bond donors (Lipinski definition) is 3. The maximum Gasteiger partial charge on any atom is 0.258 e. The second-order valence-corrected chi connectivity index (χ2v) is 8.42. The van der Waals surface area contributed by atoms with E-state index in [0.717, 1.165) is 12.0 Å². The van der Waals surface area contributed by atoms with Gasteiger partial charge in [0, 0.05) is 23.9 Å². The molecule has 0 aliphatic carbocycles. The van der Waals surface area contributed by atoms with Gasteiger partial charge in [-0.15, -0.1) is 0 Å². The summed E-state index contributed by atoms with van der Waals surface area (Å²) >= 11 is 5.99. The van der Waals surface area contributed by atoms with Gasteiger partial charge in [0.25, 0.3) is 5.56 Å². The number of aromatic nitrogens is 2. The van der Waals surface area contributed by atoms with Crippen molar-refractivity contribution in [1.29, 1.82) is 5.26 Å². The standard InChI is InChI=1S/C24H20ClN5O4/c25-15-5-3-14(4-6-15)19-16(11-26)22(31)28-21-20(19)23(32)30-24(29-21)27-12-13-2-7-17-18(10-13)34-9-1-8-33-17/h2-7,10,16,19H,1,8-9,12H2,(H3,27,28,29,30,31,32). The van der Waals surface area contributed by atoms with Crippen molar-refractivity contribution in [2.45, 2.75) is 18.9 Å². The first-order valence-electron chi connectivity index (χ1n) is 10.8. The smallest absolute Gasteiger partial charge is 0.258 e. The molecule has 0 radical (unpaired) electrons. The third kappa shape index (κ3) is 4.16.